The van der Waals surface area contributed by atoms with E-state index in [1.165, 1.54) is 0 Å². The van der Waals surface area contributed by atoms with E-state index in [4.69, 9.17) is 25.3 Å². The minimum Gasteiger partial charge on any atom is -0.291 e. The van der Waals surface area contributed by atoms with Crippen LogP contribution in [0, 0.1) is 0 Å². The number of oxime groups is 1. The van der Waals surface area contributed by atoms with Gasteiger partial charge in [-0.2, -0.15) is 0 Å². The van der Waals surface area contributed by atoms with Gasteiger partial charge in [-0.15, -0.1) is 0 Å². The summed E-state index contributed by atoms with van der Waals surface area (Å²) in [6.07, 6.45) is 1.40. The summed E-state index contributed by atoms with van der Waals surface area (Å²) in [4.78, 5) is 0. The number of halogens is 1. The quantitative estimate of drug-likeness (QED) is 0.379. The molecule has 7 heteroatoms. The van der Waals surface area contributed by atoms with Crippen LogP contribution in [0.5, 0.6) is 0 Å². The van der Waals surface area contributed by atoms with E-state index in [9.17, 15) is 4.57 Å². The molecule has 0 aliphatic rings. The minimum absolute atomic E-state index is 0.220. The number of phosphoric ester groups is 1. The van der Waals surface area contributed by atoms with Crippen LogP contribution in [0.1, 0.15) is 33.6 Å². The molecule has 0 N–H and O–H groups in total. The van der Waals surface area contributed by atoms with Gasteiger partial charge >= 0.3 is 7.82 Å². The molecule has 0 aromatic rings. The van der Waals surface area contributed by atoms with Gasteiger partial charge in [-0.05, 0) is 20.3 Å². The van der Waals surface area contributed by atoms with E-state index in [-0.39, 0.29) is 18.4 Å². The number of phosphoric acid groups is 1. The first-order chi connectivity index (χ1) is 7.08. The molecule has 0 rings (SSSR count). The number of hydrogen-bond donors (Lipinski definition) is 0. The van der Waals surface area contributed by atoms with Gasteiger partial charge in [0.15, 0.2) is 0 Å². The molecule has 15 heavy (non-hydrogen) atoms. The first-order valence-electron chi connectivity index (χ1n) is 4.88. The highest BCUT2D eigenvalue weighted by molar-refractivity contribution is 7.48. The fraction of sp³-hybridized carbons (Fsp3) is 0.875. The Bertz CT molecular complexity index is 237. The van der Waals surface area contributed by atoms with E-state index in [2.05, 4.69) is 5.16 Å². The van der Waals surface area contributed by atoms with Crippen LogP contribution in [-0.2, 0) is 18.2 Å². The molecule has 0 fully saturated rings. The van der Waals surface area contributed by atoms with Gasteiger partial charge in [-0.1, -0.05) is 23.7 Å². The highest BCUT2D eigenvalue weighted by Crippen LogP contribution is 2.49. The maximum Gasteiger partial charge on any atom is 0.550 e. The summed E-state index contributed by atoms with van der Waals surface area (Å²) >= 11 is 5.68. The summed E-state index contributed by atoms with van der Waals surface area (Å²) in [7, 11) is -3.57. The molecule has 0 aliphatic heterocycles. The van der Waals surface area contributed by atoms with Crippen molar-refractivity contribution in [3.8, 4) is 0 Å². The third kappa shape index (κ3) is 6.90. The Labute approximate surface area is 95.3 Å². The van der Waals surface area contributed by atoms with Gasteiger partial charge in [0.2, 0.25) is 0 Å². The van der Waals surface area contributed by atoms with E-state index in [0.29, 0.717) is 6.42 Å². The van der Waals surface area contributed by atoms with Crippen molar-refractivity contribution in [2.45, 2.75) is 33.6 Å². The average Bonchev–Trinajstić information content (AvgIpc) is 2.16. The monoisotopic (exact) mass is 257 g/mol. The largest absolute Gasteiger partial charge is 0.550 e. The zero-order valence-electron chi connectivity index (χ0n) is 9.23. The topological polar surface area (TPSA) is 57.1 Å². The van der Waals surface area contributed by atoms with Crippen molar-refractivity contribution in [1.29, 1.82) is 0 Å². The summed E-state index contributed by atoms with van der Waals surface area (Å²) in [5, 5.41) is 3.74. The normalized spacial score (nSPS) is 12.9. The molecule has 5 nitrogen and oxygen atoms in total. The first-order valence-corrected chi connectivity index (χ1v) is 6.72. The number of rotatable bonds is 8. The Morgan fingerprint density at radius 2 is 1.80 bits per heavy atom. The maximum atomic E-state index is 11.7. The van der Waals surface area contributed by atoms with Crippen molar-refractivity contribution in [1.82, 2.24) is 0 Å². The summed E-state index contributed by atoms with van der Waals surface area (Å²) in [5.41, 5.74) is 0. The van der Waals surface area contributed by atoms with Gasteiger partial charge in [0, 0.05) is 6.42 Å². The van der Waals surface area contributed by atoms with Gasteiger partial charge in [-0.3, -0.25) is 13.7 Å². The predicted molar refractivity (Wildman–Crippen MR) is 60.1 cm³/mol. The molecule has 0 aromatic carbocycles. The van der Waals surface area contributed by atoms with Crippen molar-refractivity contribution < 1.29 is 18.2 Å². The van der Waals surface area contributed by atoms with Crippen molar-refractivity contribution in [2.75, 3.05) is 13.2 Å². The Balaban J connectivity index is 4.28. The smallest absolute Gasteiger partial charge is 0.291 e. The molecule has 0 heterocycles. The van der Waals surface area contributed by atoms with E-state index in [1.54, 1.807) is 13.8 Å². The Hall–Kier alpha value is -0.0900. The Morgan fingerprint density at radius 3 is 2.20 bits per heavy atom. The van der Waals surface area contributed by atoms with Crippen LogP contribution in [0.25, 0.3) is 0 Å². The van der Waals surface area contributed by atoms with Crippen LogP contribution < -0.4 is 0 Å². The lowest BCUT2D eigenvalue weighted by molar-refractivity contribution is 0.125. The highest BCUT2D eigenvalue weighted by atomic mass is 35.5. The number of nitrogens with zero attached hydrogens (tertiary/aromatic N) is 1. The number of hydrogen-bond acceptors (Lipinski definition) is 5. The summed E-state index contributed by atoms with van der Waals surface area (Å²) in [5.74, 6) is 0. The fourth-order valence-corrected chi connectivity index (χ4v) is 2.02. The minimum atomic E-state index is -3.57. The van der Waals surface area contributed by atoms with Gasteiger partial charge in [0.25, 0.3) is 0 Å². The molecule has 0 amide bonds. The van der Waals surface area contributed by atoms with Gasteiger partial charge in [-0.25, -0.2) is 4.57 Å². The van der Waals surface area contributed by atoms with Crippen LogP contribution >= 0.6 is 19.4 Å². The van der Waals surface area contributed by atoms with Crippen molar-refractivity contribution in [3.63, 3.8) is 0 Å². The Morgan fingerprint density at radius 1 is 1.27 bits per heavy atom. The summed E-state index contributed by atoms with van der Waals surface area (Å²) in [6.45, 7) is 5.76. The maximum absolute atomic E-state index is 11.7. The van der Waals surface area contributed by atoms with Gasteiger partial charge in [0.1, 0.15) is 5.17 Å². The molecular weight excluding hydrogens is 241 g/mol. The molecular formula is C8H17ClNO4P. The van der Waals surface area contributed by atoms with Crippen LogP contribution in [-0.4, -0.2) is 18.4 Å². The van der Waals surface area contributed by atoms with Gasteiger partial charge < -0.3 is 0 Å². The molecule has 0 bridgehead atoms. The molecule has 0 radical (unpaired) electrons. The molecule has 0 aromatic heterocycles. The van der Waals surface area contributed by atoms with E-state index in [0.717, 1.165) is 6.42 Å². The molecule has 90 valence electrons. The standard InChI is InChI=1S/C8H17ClNO4P/c1-4-7-8(9)10-14-15(11,12-5-2)13-6-3/h4-7H2,1-3H3/b10-8+. The molecule has 0 unspecified atom stereocenters. The highest BCUT2D eigenvalue weighted by Gasteiger charge is 2.27. The molecule has 0 saturated carbocycles. The SMILES string of the molecule is CCC/C(Cl)=N\OP(=O)(OCC)OCC. The molecule has 0 saturated heterocycles. The van der Waals surface area contributed by atoms with Crippen LogP contribution in [0.4, 0.5) is 0 Å². The van der Waals surface area contributed by atoms with Crippen molar-refractivity contribution in [3.05, 3.63) is 0 Å². The van der Waals surface area contributed by atoms with E-state index < -0.39 is 7.82 Å². The third-order valence-corrected chi connectivity index (χ3v) is 2.96. The lowest BCUT2D eigenvalue weighted by Crippen LogP contribution is -1.98. The van der Waals surface area contributed by atoms with Crippen LogP contribution in [0.3, 0.4) is 0 Å². The van der Waals surface area contributed by atoms with Crippen molar-refractivity contribution in [2.24, 2.45) is 5.16 Å². The zero-order chi connectivity index (χ0) is 11.7. The zero-order valence-corrected chi connectivity index (χ0v) is 10.9. The fourth-order valence-electron chi connectivity index (χ4n) is 0.747. The second kappa shape index (κ2) is 8.11. The van der Waals surface area contributed by atoms with Crippen molar-refractivity contribution >= 4 is 24.6 Å². The summed E-state index contributed by atoms with van der Waals surface area (Å²) in [6, 6.07) is 0. The average molecular weight is 258 g/mol. The van der Waals surface area contributed by atoms with Crippen LogP contribution in [0.2, 0.25) is 0 Å². The molecule has 0 spiro atoms. The lowest BCUT2D eigenvalue weighted by Gasteiger charge is -2.12. The van der Waals surface area contributed by atoms with Crippen LogP contribution in [0.15, 0.2) is 5.16 Å². The second-order valence-corrected chi connectivity index (χ2v) is 4.59. The molecule has 0 atom stereocenters. The second-order valence-electron chi connectivity index (χ2n) is 2.58. The third-order valence-electron chi connectivity index (χ3n) is 1.27. The van der Waals surface area contributed by atoms with E-state index in [1.807, 2.05) is 6.92 Å². The predicted octanol–water partition coefficient (Wildman–Crippen LogP) is 3.54. The van der Waals surface area contributed by atoms with Gasteiger partial charge in [0.05, 0.1) is 13.2 Å². The van der Waals surface area contributed by atoms with E-state index >= 15 is 0 Å². The summed E-state index contributed by atoms with van der Waals surface area (Å²) < 4.78 is 26.1. The first kappa shape index (κ1) is 14.9. The molecule has 0 aliphatic carbocycles. The lowest BCUT2D eigenvalue weighted by atomic mass is 10.4. The Kier molecular flexibility index (Phi) is 8.06.